The van der Waals surface area contributed by atoms with Gasteiger partial charge in [0.25, 0.3) is 0 Å². The molecule has 1 aromatic rings. The van der Waals surface area contributed by atoms with Crippen molar-refractivity contribution in [2.75, 3.05) is 0 Å². The molecule has 3 rings (SSSR count). The van der Waals surface area contributed by atoms with Crippen molar-refractivity contribution in [1.82, 2.24) is 9.97 Å². The van der Waals surface area contributed by atoms with Gasteiger partial charge in [0.05, 0.1) is 0 Å². The van der Waals surface area contributed by atoms with Crippen LogP contribution in [0.25, 0.3) is 0 Å². The van der Waals surface area contributed by atoms with Crippen LogP contribution in [-0.4, -0.2) is 15.5 Å². The summed E-state index contributed by atoms with van der Waals surface area (Å²) in [5.41, 5.74) is 7.01. The Morgan fingerprint density at radius 3 is 2.00 bits per heavy atom. The molecule has 0 amide bonds. The maximum atomic E-state index is 6.28. The maximum Gasteiger partial charge on any atom is 0.137 e. The molecule has 2 fully saturated rings. The van der Waals surface area contributed by atoms with Gasteiger partial charge in [0.1, 0.15) is 16.6 Å². The summed E-state index contributed by atoms with van der Waals surface area (Å²) < 4.78 is 0. The standard InChI is InChI=1S/C10H11Cl2N3/c11-7-6(8(12)15-5-14-7)9(1-2-9)10(13)3-4-10/h5H,1-4,13H2. The zero-order valence-corrected chi connectivity index (χ0v) is 9.65. The summed E-state index contributed by atoms with van der Waals surface area (Å²) in [7, 11) is 0. The van der Waals surface area contributed by atoms with Crippen LogP contribution in [-0.2, 0) is 5.41 Å². The topological polar surface area (TPSA) is 51.8 Å². The van der Waals surface area contributed by atoms with E-state index in [4.69, 9.17) is 28.9 Å². The Morgan fingerprint density at radius 2 is 1.60 bits per heavy atom. The molecule has 0 aromatic carbocycles. The summed E-state index contributed by atoms with van der Waals surface area (Å²) >= 11 is 12.2. The molecule has 2 N–H and O–H groups in total. The Morgan fingerprint density at radius 1 is 1.07 bits per heavy atom. The van der Waals surface area contributed by atoms with Crippen molar-refractivity contribution in [2.24, 2.45) is 5.73 Å². The Labute approximate surface area is 98.0 Å². The molecule has 15 heavy (non-hydrogen) atoms. The van der Waals surface area contributed by atoms with E-state index in [-0.39, 0.29) is 11.0 Å². The van der Waals surface area contributed by atoms with Crippen molar-refractivity contribution in [1.29, 1.82) is 0 Å². The fourth-order valence-electron chi connectivity index (χ4n) is 2.47. The predicted molar refractivity (Wildman–Crippen MR) is 59.1 cm³/mol. The summed E-state index contributed by atoms with van der Waals surface area (Å²) in [5.74, 6) is 0. The Kier molecular flexibility index (Phi) is 1.86. The van der Waals surface area contributed by atoms with Crippen molar-refractivity contribution >= 4 is 23.2 Å². The molecular formula is C10H11Cl2N3. The summed E-state index contributed by atoms with van der Waals surface area (Å²) in [4.78, 5) is 8.00. The highest BCUT2D eigenvalue weighted by molar-refractivity contribution is 6.34. The molecule has 2 aliphatic carbocycles. The molecule has 5 heteroatoms. The molecule has 1 aromatic heterocycles. The zero-order chi connectivity index (χ0) is 10.7. The normalized spacial score (nSPS) is 25.0. The van der Waals surface area contributed by atoms with Crippen LogP contribution in [0.2, 0.25) is 10.3 Å². The number of rotatable bonds is 2. The van der Waals surface area contributed by atoms with Crippen LogP contribution in [0.3, 0.4) is 0 Å². The van der Waals surface area contributed by atoms with Crippen molar-refractivity contribution in [3.63, 3.8) is 0 Å². The minimum absolute atomic E-state index is 0.0393. The first-order valence-corrected chi connectivity index (χ1v) is 5.80. The van der Waals surface area contributed by atoms with Crippen molar-refractivity contribution in [2.45, 2.75) is 36.6 Å². The van der Waals surface area contributed by atoms with E-state index in [0.717, 1.165) is 31.2 Å². The molecule has 1 heterocycles. The van der Waals surface area contributed by atoms with Gasteiger partial charge in [-0.15, -0.1) is 0 Å². The minimum atomic E-state index is -0.106. The minimum Gasteiger partial charge on any atom is -0.324 e. The van der Waals surface area contributed by atoms with Crippen LogP contribution in [0, 0.1) is 0 Å². The van der Waals surface area contributed by atoms with Gasteiger partial charge in [-0.3, -0.25) is 0 Å². The first-order valence-electron chi connectivity index (χ1n) is 5.04. The molecule has 2 saturated carbocycles. The smallest absolute Gasteiger partial charge is 0.137 e. The van der Waals surface area contributed by atoms with Gasteiger partial charge < -0.3 is 5.73 Å². The highest BCUT2D eigenvalue weighted by atomic mass is 35.5. The Hall–Kier alpha value is -0.380. The molecule has 3 nitrogen and oxygen atoms in total. The predicted octanol–water partition coefficient (Wildman–Crippen LogP) is 2.31. The van der Waals surface area contributed by atoms with Gasteiger partial charge >= 0.3 is 0 Å². The van der Waals surface area contributed by atoms with Crippen molar-refractivity contribution in [3.05, 3.63) is 22.2 Å². The number of nitrogens with two attached hydrogens (primary N) is 1. The first-order chi connectivity index (χ1) is 7.09. The Bertz CT molecular complexity index is 404. The second-order valence-corrected chi connectivity index (χ2v) is 5.28. The average molecular weight is 244 g/mol. The van der Waals surface area contributed by atoms with E-state index in [2.05, 4.69) is 9.97 Å². The lowest BCUT2D eigenvalue weighted by Crippen LogP contribution is -2.38. The summed E-state index contributed by atoms with van der Waals surface area (Å²) in [6, 6.07) is 0. The van der Waals surface area contributed by atoms with Gasteiger partial charge in [-0.2, -0.15) is 0 Å². The molecular weight excluding hydrogens is 233 g/mol. The van der Waals surface area contributed by atoms with Crippen molar-refractivity contribution < 1.29 is 0 Å². The van der Waals surface area contributed by atoms with Gasteiger partial charge in [0.15, 0.2) is 0 Å². The Balaban J connectivity index is 2.13. The van der Waals surface area contributed by atoms with Crippen LogP contribution in [0.5, 0.6) is 0 Å². The van der Waals surface area contributed by atoms with E-state index in [9.17, 15) is 0 Å². The second kappa shape index (κ2) is 2.84. The summed E-state index contributed by atoms with van der Waals surface area (Å²) in [6.45, 7) is 0. The lowest BCUT2D eigenvalue weighted by molar-refractivity contribution is 0.500. The molecule has 2 aliphatic rings. The highest BCUT2D eigenvalue weighted by Crippen LogP contribution is 2.65. The monoisotopic (exact) mass is 243 g/mol. The average Bonchev–Trinajstić information content (AvgIpc) is 3.02. The van der Waals surface area contributed by atoms with E-state index in [1.807, 2.05) is 0 Å². The van der Waals surface area contributed by atoms with Gasteiger partial charge in [0, 0.05) is 16.5 Å². The first kappa shape index (κ1) is 9.82. The van der Waals surface area contributed by atoms with Gasteiger partial charge in [-0.05, 0) is 25.7 Å². The van der Waals surface area contributed by atoms with Crippen LogP contribution < -0.4 is 5.73 Å². The SMILES string of the molecule is NC1(C2(c3c(Cl)ncnc3Cl)CC2)CC1. The van der Waals surface area contributed by atoms with Crippen molar-refractivity contribution in [3.8, 4) is 0 Å². The fraction of sp³-hybridized carbons (Fsp3) is 0.600. The number of hydrogen-bond acceptors (Lipinski definition) is 3. The fourth-order valence-corrected chi connectivity index (χ4v) is 3.15. The zero-order valence-electron chi connectivity index (χ0n) is 8.13. The van der Waals surface area contributed by atoms with E-state index in [1.165, 1.54) is 6.33 Å². The van der Waals surface area contributed by atoms with E-state index in [0.29, 0.717) is 10.3 Å². The number of nitrogens with zero attached hydrogens (tertiary/aromatic N) is 2. The molecule has 80 valence electrons. The molecule has 0 atom stereocenters. The van der Waals surface area contributed by atoms with E-state index < -0.39 is 0 Å². The van der Waals surface area contributed by atoms with Crippen LogP contribution in [0.15, 0.2) is 6.33 Å². The third kappa shape index (κ3) is 1.23. The third-order valence-electron chi connectivity index (χ3n) is 3.73. The maximum absolute atomic E-state index is 6.28. The van der Waals surface area contributed by atoms with Crippen LogP contribution in [0.4, 0.5) is 0 Å². The van der Waals surface area contributed by atoms with Crippen LogP contribution in [0.1, 0.15) is 31.2 Å². The molecule has 0 aliphatic heterocycles. The number of aromatic nitrogens is 2. The number of halogens is 2. The lowest BCUT2D eigenvalue weighted by atomic mass is 9.88. The lowest BCUT2D eigenvalue weighted by Gasteiger charge is -2.24. The second-order valence-electron chi connectivity index (χ2n) is 4.57. The van der Waals surface area contributed by atoms with Crippen LogP contribution >= 0.6 is 23.2 Å². The molecule has 0 bridgehead atoms. The van der Waals surface area contributed by atoms with Gasteiger partial charge in [-0.25, -0.2) is 9.97 Å². The molecule has 0 saturated heterocycles. The van der Waals surface area contributed by atoms with E-state index >= 15 is 0 Å². The summed E-state index contributed by atoms with van der Waals surface area (Å²) in [5, 5.41) is 0.924. The largest absolute Gasteiger partial charge is 0.324 e. The molecule has 0 unspecified atom stereocenters. The quantitative estimate of drug-likeness (QED) is 0.812. The summed E-state index contributed by atoms with van der Waals surface area (Å²) in [6.07, 6.45) is 5.59. The van der Waals surface area contributed by atoms with Gasteiger partial charge in [-0.1, -0.05) is 23.2 Å². The van der Waals surface area contributed by atoms with E-state index in [1.54, 1.807) is 0 Å². The highest BCUT2D eigenvalue weighted by Gasteiger charge is 2.65. The third-order valence-corrected chi connectivity index (χ3v) is 4.30. The molecule has 0 spiro atoms. The number of hydrogen-bond donors (Lipinski definition) is 1. The molecule has 0 radical (unpaired) electrons. The van der Waals surface area contributed by atoms with Gasteiger partial charge in [0.2, 0.25) is 0 Å².